The largest absolute Gasteiger partial charge is 0.421 e. The predicted molar refractivity (Wildman–Crippen MR) is 139 cm³/mol. The van der Waals surface area contributed by atoms with Crippen LogP contribution in [0, 0.1) is 6.92 Å². The van der Waals surface area contributed by atoms with E-state index in [0.717, 1.165) is 5.69 Å². The minimum atomic E-state index is -0.624. The summed E-state index contributed by atoms with van der Waals surface area (Å²) < 4.78 is 5.65. The fourth-order valence-corrected chi connectivity index (χ4v) is 3.20. The fourth-order valence-electron chi connectivity index (χ4n) is 3.20. The highest BCUT2D eigenvalue weighted by molar-refractivity contribution is 5.98. The molecular weight excluding hydrogens is 460 g/mol. The summed E-state index contributed by atoms with van der Waals surface area (Å²) in [5, 5.41) is 13.8. The average Bonchev–Trinajstić information content (AvgIpc) is 2.87. The van der Waals surface area contributed by atoms with Gasteiger partial charge in [0.2, 0.25) is 0 Å². The van der Waals surface area contributed by atoms with Crippen LogP contribution in [0.5, 0.6) is 5.75 Å². The SMILES string of the molecule is C/C(=C\c1ccc(N(C)C)cc1N)C(=O)Oc1c(C)ncc(CO)c1/C=N/NC(=O)c1ccncc1. The molecule has 0 spiro atoms. The number of hydrogen-bond donors (Lipinski definition) is 3. The Morgan fingerprint density at radius 1 is 1.22 bits per heavy atom. The average molecular weight is 489 g/mol. The molecule has 0 aliphatic rings. The van der Waals surface area contributed by atoms with Gasteiger partial charge < -0.3 is 20.5 Å². The summed E-state index contributed by atoms with van der Waals surface area (Å²) in [5.74, 6) is -0.946. The third-order valence-electron chi connectivity index (χ3n) is 5.28. The number of nitrogens with zero attached hydrogens (tertiary/aromatic N) is 4. The first-order valence-electron chi connectivity index (χ1n) is 11.0. The van der Waals surface area contributed by atoms with Gasteiger partial charge in [-0.1, -0.05) is 6.07 Å². The van der Waals surface area contributed by atoms with E-state index >= 15 is 0 Å². The molecule has 36 heavy (non-hydrogen) atoms. The van der Waals surface area contributed by atoms with Crippen LogP contribution < -0.4 is 20.8 Å². The van der Waals surface area contributed by atoms with Gasteiger partial charge in [0.15, 0.2) is 5.75 Å². The molecule has 0 saturated carbocycles. The van der Waals surface area contributed by atoms with Gasteiger partial charge in [-0.15, -0.1) is 0 Å². The summed E-state index contributed by atoms with van der Waals surface area (Å²) in [4.78, 5) is 35.2. The number of nitrogens with two attached hydrogens (primary N) is 1. The van der Waals surface area contributed by atoms with Gasteiger partial charge in [0, 0.05) is 66.3 Å². The maximum atomic E-state index is 12.9. The lowest BCUT2D eigenvalue weighted by molar-refractivity contribution is -0.130. The summed E-state index contributed by atoms with van der Waals surface area (Å²) in [5.41, 5.74) is 12.5. The first kappa shape index (κ1) is 26.0. The van der Waals surface area contributed by atoms with Crippen LogP contribution in [0.2, 0.25) is 0 Å². The standard InChI is InChI=1S/C26H28N6O4/c1-16(11-19-5-6-21(32(3)4)12-23(19)27)26(35)36-24-17(2)29-13-20(15-33)22(24)14-30-31-25(34)18-7-9-28-10-8-18/h5-14,33H,15,27H2,1-4H3,(H,31,34)/b16-11+,30-14+. The van der Waals surface area contributed by atoms with Crippen molar-refractivity contribution in [1.82, 2.24) is 15.4 Å². The number of aliphatic hydroxyl groups excluding tert-OH is 1. The number of carbonyl (C=O) groups is 2. The second-order valence-electron chi connectivity index (χ2n) is 8.13. The summed E-state index contributed by atoms with van der Waals surface area (Å²) >= 11 is 0. The van der Waals surface area contributed by atoms with Crippen LogP contribution in [0.15, 0.2) is 59.6 Å². The van der Waals surface area contributed by atoms with Crippen LogP contribution in [0.3, 0.4) is 0 Å². The number of pyridine rings is 2. The van der Waals surface area contributed by atoms with Crippen LogP contribution in [0.1, 0.15) is 39.7 Å². The van der Waals surface area contributed by atoms with E-state index in [0.29, 0.717) is 39.2 Å². The topological polar surface area (TPSA) is 143 Å². The molecule has 10 heteroatoms. The van der Waals surface area contributed by atoms with Crippen LogP contribution in [0.25, 0.3) is 6.08 Å². The highest BCUT2D eigenvalue weighted by Crippen LogP contribution is 2.26. The molecule has 0 bridgehead atoms. The monoisotopic (exact) mass is 488 g/mol. The number of ether oxygens (including phenoxy) is 1. The summed E-state index contributed by atoms with van der Waals surface area (Å²) in [6.45, 7) is 2.90. The Balaban J connectivity index is 1.84. The number of carbonyl (C=O) groups excluding carboxylic acids is 2. The minimum absolute atomic E-state index is 0.122. The molecule has 0 fully saturated rings. The molecule has 4 N–H and O–H groups in total. The Morgan fingerprint density at radius 3 is 2.58 bits per heavy atom. The molecule has 186 valence electrons. The third-order valence-corrected chi connectivity index (χ3v) is 5.28. The molecule has 0 aliphatic carbocycles. The lowest BCUT2D eigenvalue weighted by Crippen LogP contribution is -2.18. The van der Waals surface area contributed by atoms with E-state index in [1.165, 1.54) is 24.8 Å². The van der Waals surface area contributed by atoms with Gasteiger partial charge in [-0.2, -0.15) is 5.10 Å². The molecule has 1 aromatic carbocycles. The molecule has 3 rings (SSSR count). The second-order valence-corrected chi connectivity index (χ2v) is 8.13. The zero-order valence-electron chi connectivity index (χ0n) is 20.5. The molecule has 3 aromatic rings. The van der Waals surface area contributed by atoms with Gasteiger partial charge in [0.1, 0.15) is 0 Å². The Labute approximate surface area is 209 Å². The van der Waals surface area contributed by atoms with Crippen molar-refractivity contribution in [3.8, 4) is 5.75 Å². The van der Waals surface area contributed by atoms with E-state index in [1.54, 1.807) is 32.1 Å². The van der Waals surface area contributed by atoms with Crippen molar-refractivity contribution in [3.63, 3.8) is 0 Å². The number of hydrazone groups is 1. The molecule has 0 aliphatic heterocycles. The van der Waals surface area contributed by atoms with Crippen molar-refractivity contribution in [2.24, 2.45) is 5.10 Å². The Kier molecular flexibility index (Phi) is 8.48. The number of aryl methyl sites for hydroxylation is 1. The molecule has 0 saturated heterocycles. The van der Waals surface area contributed by atoms with E-state index in [2.05, 4.69) is 20.5 Å². The number of aliphatic hydroxyl groups is 1. The molecule has 1 amide bonds. The van der Waals surface area contributed by atoms with Crippen molar-refractivity contribution < 1.29 is 19.4 Å². The molecule has 10 nitrogen and oxygen atoms in total. The minimum Gasteiger partial charge on any atom is -0.421 e. The normalized spacial score (nSPS) is 11.4. The molecule has 2 heterocycles. The van der Waals surface area contributed by atoms with E-state index in [9.17, 15) is 14.7 Å². The van der Waals surface area contributed by atoms with Gasteiger partial charge in [-0.05, 0) is 49.8 Å². The number of anilines is 2. The van der Waals surface area contributed by atoms with Crippen molar-refractivity contribution >= 4 is 35.5 Å². The molecule has 0 radical (unpaired) electrons. The maximum Gasteiger partial charge on any atom is 0.339 e. The number of nitrogens with one attached hydrogen (secondary N) is 1. The number of aromatic nitrogens is 2. The van der Waals surface area contributed by atoms with E-state index in [-0.39, 0.29) is 12.4 Å². The van der Waals surface area contributed by atoms with Crippen LogP contribution in [0.4, 0.5) is 11.4 Å². The van der Waals surface area contributed by atoms with E-state index < -0.39 is 11.9 Å². The number of hydrogen-bond acceptors (Lipinski definition) is 9. The van der Waals surface area contributed by atoms with E-state index in [4.69, 9.17) is 10.5 Å². The lowest BCUT2D eigenvalue weighted by Gasteiger charge is -2.14. The van der Waals surface area contributed by atoms with E-state index in [1.807, 2.05) is 37.2 Å². The van der Waals surface area contributed by atoms with Crippen molar-refractivity contribution in [1.29, 1.82) is 0 Å². The highest BCUT2D eigenvalue weighted by Gasteiger charge is 2.18. The number of esters is 1. The molecule has 2 aromatic heterocycles. The Hall–Kier alpha value is -4.57. The zero-order chi connectivity index (χ0) is 26.2. The van der Waals surface area contributed by atoms with Crippen LogP contribution in [-0.2, 0) is 11.4 Å². The van der Waals surface area contributed by atoms with Gasteiger partial charge >= 0.3 is 5.97 Å². The maximum absolute atomic E-state index is 12.9. The van der Waals surface area contributed by atoms with Gasteiger partial charge in [-0.3, -0.25) is 14.8 Å². The number of amides is 1. The lowest BCUT2D eigenvalue weighted by atomic mass is 10.1. The summed E-state index contributed by atoms with van der Waals surface area (Å²) in [7, 11) is 3.82. The Bertz CT molecular complexity index is 1320. The number of nitrogen functional groups attached to an aromatic ring is 1. The first-order valence-corrected chi connectivity index (χ1v) is 11.0. The van der Waals surface area contributed by atoms with Crippen LogP contribution in [-0.4, -0.2) is 47.3 Å². The quantitative estimate of drug-likeness (QED) is 0.144. The summed E-state index contributed by atoms with van der Waals surface area (Å²) in [6, 6.07) is 8.63. The predicted octanol–water partition coefficient (Wildman–Crippen LogP) is 2.70. The van der Waals surface area contributed by atoms with Crippen LogP contribution >= 0.6 is 0 Å². The van der Waals surface area contributed by atoms with Crippen molar-refractivity contribution in [3.05, 3.63) is 82.4 Å². The van der Waals surface area contributed by atoms with Crippen molar-refractivity contribution in [2.45, 2.75) is 20.5 Å². The Morgan fingerprint density at radius 2 is 1.94 bits per heavy atom. The smallest absolute Gasteiger partial charge is 0.339 e. The summed E-state index contributed by atoms with van der Waals surface area (Å²) in [6.07, 6.45) is 7.38. The fraction of sp³-hybridized carbons (Fsp3) is 0.192. The number of rotatable bonds is 8. The van der Waals surface area contributed by atoms with Gasteiger partial charge in [0.05, 0.1) is 18.5 Å². The first-order chi connectivity index (χ1) is 17.2. The highest BCUT2D eigenvalue weighted by atomic mass is 16.5. The second kappa shape index (κ2) is 11.7. The zero-order valence-corrected chi connectivity index (χ0v) is 20.5. The molecule has 0 unspecified atom stereocenters. The molecular formula is C26H28N6O4. The number of benzene rings is 1. The third kappa shape index (κ3) is 6.30. The van der Waals surface area contributed by atoms with Gasteiger partial charge in [0.25, 0.3) is 5.91 Å². The van der Waals surface area contributed by atoms with Gasteiger partial charge in [-0.25, -0.2) is 10.2 Å². The molecule has 0 atom stereocenters. The van der Waals surface area contributed by atoms with Crippen molar-refractivity contribution in [2.75, 3.05) is 24.7 Å².